The van der Waals surface area contributed by atoms with Gasteiger partial charge < -0.3 is 15.5 Å². The van der Waals surface area contributed by atoms with E-state index in [2.05, 4.69) is 10.6 Å². The van der Waals surface area contributed by atoms with Crippen LogP contribution in [0.5, 0.6) is 0 Å². The first kappa shape index (κ1) is 18.5. The predicted octanol–water partition coefficient (Wildman–Crippen LogP) is 1.37. The molecule has 2 aromatic carbocycles. The summed E-state index contributed by atoms with van der Waals surface area (Å²) in [6, 6.07) is 10.5. The maximum Gasteiger partial charge on any atom is 0.279 e. The number of nitrogens with one attached hydrogen (secondary N) is 3. The lowest BCUT2D eigenvalue weighted by molar-refractivity contribution is -0.862. The van der Waals surface area contributed by atoms with Gasteiger partial charge in [0, 0.05) is 17.4 Å². The largest absolute Gasteiger partial charge is 0.322 e. The summed E-state index contributed by atoms with van der Waals surface area (Å²) in [6.07, 6.45) is 0. The monoisotopic (exact) mass is 348 g/mol. The van der Waals surface area contributed by atoms with Crippen molar-refractivity contribution in [3.8, 4) is 0 Å². The smallest absolute Gasteiger partial charge is 0.279 e. The van der Waals surface area contributed by atoms with Gasteiger partial charge in [-0.3, -0.25) is 9.59 Å². The summed E-state index contributed by atoms with van der Waals surface area (Å²) < 4.78 is 26.0. The van der Waals surface area contributed by atoms with Gasteiger partial charge in [-0.25, -0.2) is 8.78 Å². The van der Waals surface area contributed by atoms with E-state index in [4.69, 9.17) is 0 Å². The Balaban J connectivity index is 1.81. The number of halogens is 2. The average molecular weight is 348 g/mol. The summed E-state index contributed by atoms with van der Waals surface area (Å²) >= 11 is 0. The van der Waals surface area contributed by atoms with Crippen molar-refractivity contribution in [2.45, 2.75) is 6.92 Å². The number of hydrogen-bond donors (Lipinski definition) is 3. The molecule has 1 atom stereocenters. The van der Waals surface area contributed by atoms with Crippen molar-refractivity contribution in [1.29, 1.82) is 0 Å². The molecule has 5 nitrogen and oxygen atoms in total. The van der Waals surface area contributed by atoms with Crippen molar-refractivity contribution < 1.29 is 23.3 Å². The van der Waals surface area contributed by atoms with Gasteiger partial charge in [-0.15, -0.1) is 0 Å². The molecular formula is C18H20F2N3O2+. The standard InChI is InChI=1S/C18H19F2N3O2/c1-12-3-5-13(6-4-12)21-17(24)10-23(2)11-18(25)22-14-7-8-15(19)16(20)9-14/h3-9H,10-11H2,1-2H3,(H,21,24)(H,22,25)/p+1. The Labute approximate surface area is 144 Å². The van der Waals surface area contributed by atoms with E-state index in [0.29, 0.717) is 10.6 Å². The molecule has 7 heteroatoms. The van der Waals surface area contributed by atoms with E-state index in [1.165, 1.54) is 6.07 Å². The van der Waals surface area contributed by atoms with E-state index in [0.717, 1.165) is 17.7 Å². The van der Waals surface area contributed by atoms with E-state index < -0.39 is 17.5 Å². The zero-order chi connectivity index (χ0) is 18.4. The number of amides is 2. The van der Waals surface area contributed by atoms with Crippen molar-refractivity contribution in [2.24, 2.45) is 0 Å². The molecule has 0 aliphatic carbocycles. The van der Waals surface area contributed by atoms with Crippen LogP contribution in [-0.4, -0.2) is 32.0 Å². The van der Waals surface area contributed by atoms with Crippen LogP contribution in [0.4, 0.5) is 20.2 Å². The molecule has 0 aliphatic heterocycles. The second-order valence-corrected chi connectivity index (χ2v) is 5.90. The maximum absolute atomic E-state index is 13.1. The third-order valence-corrected chi connectivity index (χ3v) is 3.46. The number of likely N-dealkylation sites (N-methyl/N-ethyl adjacent to an activating group) is 1. The van der Waals surface area contributed by atoms with Gasteiger partial charge in [0.05, 0.1) is 7.05 Å². The topological polar surface area (TPSA) is 62.6 Å². The fourth-order valence-corrected chi connectivity index (χ4v) is 2.23. The molecule has 0 spiro atoms. The molecule has 0 bridgehead atoms. The number of quaternary nitrogens is 1. The Morgan fingerprint density at radius 3 is 1.96 bits per heavy atom. The predicted molar refractivity (Wildman–Crippen MR) is 91.4 cm³/mol. The second kappa shape index (κ2) is 8.34. The molecule has 2 amide bonds. The van der Waals surface area contributed by atoms with Gasteiger partial charge in [0.1, 0.15) is 0 Å². The Hall–Kier alpha value is -2.80. The molecule has 2 aromatic rings. The fourth-order valence-electron chi connectivity index (χ4n) is 2.23. The summed E-state index contributed by atoms with van der Waals surface area (Å²) in [5, 5.41) is 5.23. The minimum absolute atomic E-state index is 0.0142. The molecular weight excluding hydrogens is 328 g/mol. The third kappa shape index (κ3) is 5.96. The molecule has 0 aliphatic rings. The summed E-state index contributed by atoms with van der Waals surface area (Å²) in [6.45, 7) is 2.06. The number of hydrogen-bond acceptors (Lipinski definition) is 2. The van der Waals surface area contributed by atoms with Crippen LogP contribution in [-0.2, 0) is 9.59 Å². The van der Waals surface area contributed by atoms with Crippen LogP contribution in [0.3, 0.4) is 0 Å². The number of anilines is 2. The van der Waals surface area contributed by atoms with Gasteiger partial charge in [-0.2, -0.15) is 0 Å². The summed E-state index contributed by atoms with van der Waals surface area (Å²) in [5.41, 5.74) is 1.95. The van der Waals surface area contributed by atoms with Crippen molar-refractivity contribution in [2.75, 3.05) is 30.8 Å². The fraction of sp³-hybridized carbons (Fsp3) is 0.222. The van der Waals surface area contributed by atoms with Crippen molar-refractivity contribution in [3.63, 3.8) is 0 Å². The molecule has 0 fully saturated rings. The van der Waals surface area contributed by atoms with E-state index in [1.54, 1.807) is 19.2 Å². The van der Waals surface area contributed by atoms with E-state index in [-0.39, 0.29) is 24.7 Å². The Morgan fingerprint density at radius 1 is 0.880 bits per heavy atom. The van der Waals surface area contributed by atoms with Gasteiger partial charge in [-0.05, 0) is 31.2 Å². The van der Waals surface area contributed by atoms with Gasteiger partial charge >= 0.3 is 0 Å². The van der Waals surface area contributed by atoms with Crippen LogP contribution in [0, 0.1) is 18.6 Å². The first-order chi connectivity index (χ1) is 11.8. The highest BCUT2D eigenvalue weighted by atomic mass is 19.2. The molecule has 2 rings (SSSR count). The summed E-state index contributed by atoms with van der Waals surface area (Å²) in [5.74, 6) is -2.63. The van der Waals surface area contributed by atoms with Gasteiger partial charge in [0.15, 0.2) is 24.7 Å². The highest BCUT2D eigenvalue weighted by molar-refractivity contribution is 5.93. The van der Waals surface area contributed by atoms with Gasteiger partial charge in [0.25, 0.3) is 11.8 Å². The van der Waals surface area contributed by atoms with Crippen LogP contribution in [0.1, 0.15) is 5.56 Å². The molecule has 0 aromatic heterocycles. The molecule has 0 radical (unpaired) electrons. The number of rotatable bonds is 6. The molecule has 0 saturated carbocycles. The average Bonchev–Trinajstić information content (AvgIpc) is 2.52. The highest BCUT2D eigenvalue weighted by Gasteiger charge is 2.15. The van der Waals surface area contributed by atoms with Crippen LogP contribution >= 0.6 is 0 Å². The minimum atomic E-state index is -1.03. The number of benzene rings is 2. The lowest BCUT2D eigenvalue weighted by atomic mass is 10.2. The Kier molecular flexibility index (Phi) is 6.19. The normalized spacial score (nSPS) is 11.7. The van der Waals surface area contributed by atoms with Gasteiger partial charge in [0.2, 0.25) is 0 Å². The van der Waals surface area contributed by atoms with E-state index >= 15 is 0 Å². The van der Waals surface area contributed by atoms with E-state index in [1.807, 2.05) is 19.1 Å². The minimum Gasteiger partial charge on any atom is -0.322 e. The van der Waals surface area contributed by atoms with Crippen molar-refractivity contribution in [3.05, 3.63) is 59.7 Å². The van der Waals surface area contributed by atoms with Gasteiger partial charge in [-0.1, -0.05) is 17.7 Å². The highest BCUT2D eigenvalue weighted by Crippen LogP contribution is 2.12. The Bertz CT molecular complexity index is 763. The van der Waals surface area contributed by atoms with Crippen LogP contribution < -0.4 is 15.5 Å². The number of carbonyl (C=O) groups excluding carboxylic acids is 2. The molecule has 1 unspecified atom stereocenters. The Morgan fingerprint density at radius 2 is 1.40 bits per heavy atom. The third-order valence-electron chi connectivity index (χ3n) is 3.46. The lowest BCUT2D eigenvalue weighted by Crippen LogP contribution is -3.11. The molecule has 3 N–H and O–H groups in total. The lowest BCUT2D eigenvalue weighted by Gasteiger charge is -2.14. The van der Waals surface area contributed by atoms with Crippen LogP contribution in [0.25, 0.3) is 0 Å². The SMILES string of the molecule is Cc1ccc(NC(=O)C[NH+](C)CC(=O)Nc2ccc(F)c(F)c2)cc1. The second-order valence-electron chi connectivity index (χ2n) is 5.90. The molecule has 25 heavy (non-hydrogen) atoms. The maximum atomic E-state index is 13.1. The summed E-state index contributed by atoms with van der Waals surface area (Å²) in [4.78, 5) is 24.5. The number of carbonyl (C=O) groups is 2. The molecule has 132 valence electrons. The van der Waals surface area contributed by atoms with Crippen LogP contribution in [0.2, 0.25) is 0 Å². The first-order valence-electron chi connectivity index (χ1n) is 7.76. The zero-order valence-corrected chi connectivity index (χ0v) is 14.0. The van der Waals surface area contributed by atoms with Crippen molar-refractivity contribution >= 4 is 23.2 Å². The van der Waals surface area contributed by atoms with Crippen molar-refractivity contribution in [1.82, 2.24) is 0 Å². The zero-order valence-electron chi connectivity index (χ0n) is 14.0. The van der Waals surface area contributed by atoms with Crippen LogP contribution in [0.15, 0.2) is 42.5 Å². The quantitative estimate of drug-likeness (QED) is 0.738. The number of aryl methyl sites for hydroxylation is 1. The van der Waals surface area contributed by atoms with E-state index in [9.17, 15) is 18.4 Å². The summed E-state index contributed by atoms with van der Waals surface area (Å²) in [7, 11) is 1.69. The first-order valence-corrected chi connectivity index (χ1v) is 7.76. The molecule has 0 heterocycles. The molecule has 0 saturated heterocycles.